The third-order valence-electron chi connectivity index (χ3n) is 3.25. The van der Waals surface area contributed by atoms with Crippen LogP contribution in [0.2, 0.25) is 0 Å². The van der Waals surface area contributed by atoms with Gasteiger partial charge in [-0.3, -0.25) is 0 Å². The molecule has 1 atom stereocenters. The zero-order valence-corrected chi connectivity index (χ0v) is 12.1. The highest BCUT2D eigenvalue weighted by atomic mass is 32.2. The molecule has 0 saturated carbocycles. The Hall–Kier alpha value is -1.70. The fourth-order valence-corrected chi connectivity index (χ4v) is 2.62. The van der Waals surface area contributed by atoms with E-state index in [0.29, 0.717) is 6.54 Å². The lowest BCUT2D eigenvalue weighted by molar-refractivity contribution is -0.142. The standard InChI is InChI=1S/C12H18N4O3S/c1-20-4-2-3-13-12(19)16-6-9-8(14-7-15-9)5-10(16)11(17)18/h7,10H,2-6H2,1H3,(H,13,19)(H,14,15)(H,17,18). The molecule has 1 aliphatic heterocycles. The van der Waals surface area contributed by atoms with Crippen molar-refractivity contribution in [3.8, 4) is 0 Å². The number of carbonyl (C=O) groups is 2. The number of imidazole rings is 1. The predicted octanol–water partition coefficient (Wildman–Crippen LogP) is 0.684. The lowest BCUT2D eigenvalue weighted by Gasteiger charge is -2.32. The summed E-state index contributed by atoms with van der Waals surface area (Å²) in [6.07, 6.45) is 4.65. The van der Waals surface area contributed by atoms with Gasteiger partial charge in [-0.25, -0.2) is 14.6 Å². The highest BCUT2D eigenvalue weighted by Gasteiger charge is 2.35. The zero-order chi connectivity index (χ0) is 14.5. The third kappa shape index (κ3) is 3.24. The van der Waals surface area contributed by atoms with E-state index in [1.807, 2.05) is 6.26 Å². The Kier molecular flexibility index (Phi) is 4.89. The van der Waals surface area contributed by atoms with Crippen LogP contribution in [0.15, 0.2) is 6.33 Å². The zero-order valence-electron chi connectivity index (χ0n) is 11.3. The largest absolute Gasteiger partial charge is 0.480 e. The number of H-pyrrole nitrogens is 1. The molecule has 2 rings (SSSR count). The van der Waals surface area contributed by atoms with Crippen molar-refractivity contribution in [2.24, 2.45) is 0 Å². The number of aromatic amines is 1. The highest BCUT2D eigenvalue weighted by Crippen LogP contribution is 2.20. The molecule has 2 heterocycles. The first kappa shape index (κ1) is 14.7. The number of aromatic nitrogens is 2. The van der Waals surface area contributed by atoms with E-state index in [9.17, 15) is 14.7 Å². The van der Waals surface area contributed by atoms with E-state index in [1.165, 1.54) is 11.2 Å². The monoisotopic (exact) mass is 298 g/mol. The van der Waals surface area contributed by atoms with E-state index in [4.69, 9.17) is 0 Å². The summed E-state index contributed by atoms with van der Waals surface area (Å²) in [6, 6.07) is -1.19. The molecule has 1 aromatic rings. The molecule has 1 aliphatic rings. The van der Waals surface area contributed by atoms with Crippen LogP contribution in [-0.2, 0) is 17.8 Å². The Labute approximate surface area is 121 Å². The summed E-state index contributed by atoms with van der Waals surface area (Å²) in [5, 5.41) is 12.0. The molecule has 2 amide bonds. The van der Waals surface area contributed by atoms with Crippen molar-refractivity contribution in [1.29, 1.82) is 0 Å². The number of carboxylic acids is 1. The predicted molar refractivity (Wildman–Crippen MR) is 75.7 cm³/mol. The molecule has 0 aliphatic carbocycles. The van der Waals surface area contributed by atoms with Gasteiger partial charge in [0.15, 0.2) is 0 Å². The van der Waals surface area contributed by atoms with Crippen molar-refractivity contribution in [2.45, 2.75) is 25.4 Å². The number of nitrogens with zero attached hydrogens (tertiary/aromatic N) is 2. The Morgan fingerprint density at radius 3 is 3.15 bits per heavy atom. The molecule has 20 heavy (non-hydrogen) atoms. The molecule has 1 aromatic heterocycles. The minimum absolute atomic E-state index is 0.242. The van der Waals surface area contributed by atoms with Crippen molar-refractivity contribution in [2.75, 3.05) is 18.6 Å². The Morgan fingerprint density at radius 2 is 2.45 bits per heavy atom. The van der Waals surface area contributed by atoms with Gasteiger partial charge >= 0.3 is 12.0 Å². The minimum atomic E-state index is -1.00. The molecule has 0 saturated heterocycles. The van der Waals surface area contributed by atoms with Gasteiger partial charge in [0.1, 0.15) is 6.04 Å². The number of aliphatic carboxylic acids is 1. The quantitative estimate of drug-likeness (QED) is 0.695. The Morgan fingerprint density at radius 1 is 1.65 bits per heavy atom. The first-order chi connectivity index (χ1) is 9.63. The summed E-state index contributed by atoms with van der Waals surface area (Å²) in [7, 11) is 0. The molecule has 0 fully saturated rings. The van der Waals surface area contributed by atoms with Crippen molar-refractivity contribution >= 4 is 23.8 Å². The van der Waals surface area contributed by atoms with Crippen LogP contribution in [0.25, 0.3) is 0 Å². The van der Waals surface area contributed by atoms with Gasteiger partial charge in [-0.2, -0.15) is 11.8 Å². The molecular weight excluding hydrogens is 280 g/mol. The van der Waals surface area contributed by atoms with Crippen molar-refractivity contribution in [3.63, 3.8) is 0 Å². The van der Waals surface area contributed by atoms with E-state index < -0.39 is 12.0 Å². The van der Waals surface area contributed by atoms with Crippen LogP contribution >= 0.6 is 11.8 Å². The smallest absolute Gasteiger partial charge is 0.326 e. The number of thioether (sulfide) groups is 1. The summed E-state index contributed by atoms with van der Waals surface area (Å²) >= 11 is 1.71. The second-order valence-electron chi connectivity index (χ2n) is 4.59. The molecular formula is C12H18N4O3S. The molecule has 1 unspecified atom stereocenters. The number of carbonyl (C=O) groups excluding carboxylic acids is 1. The lowest BCUT2D eigenvalue weighted by Crippen LogP contribution is -2.52. The van der Waals surface area contributed by atoms with E-state index in [1.54, 1.807) is 11.8 Å². The van der Waals surface area contributed by atoms with Gasteiger partial charge in [-0.05, 0) is 18.4 Å². The number of amides is 2. The number of urea groups is 1. The maximum atomic E-state index is 12.1. The third-order valence-corrected chi connectivity index (χ3v) is 3.94. The average Bonchev–Trinajstić information content (AvgIpc) is 2.89. The number of rotatable bonds is 5. The molecule has 8 heteroatoms. The van der Waals surface area contributed by atoms with Crippen molar-refractivity contribution < 1.29 is 14.7 Å². The first-order valence-corrected chi connectivity index (χ1v) is 7.80. The van der Waals surface area contributed by atoms with Crippen LogP contribution in [0.4, 0.5) is 4.79 Å². The van der Waals surface area contributed by atoms with E-state index in [0.717, 1.165) is 23.6 Å². The summed E-state index contributed by atoms with van der Waals surface area (Å²) in [4.78, 5) is 31.8. The van der Waals surface area contributed by atoms with Gasteiger partial charge in [0.25, 0.3) is 0 Å². The van der Waals surface area contributed by atoms with Crippen molar-refractivity contribution in [1.82, 2.24) is 20.2 Å². The topological polar surface area (TPSA) is 98.3 Å². The van der Waals surface area contributed by atoms with Crippen LogP contribution in [0.1, 0.15) is 17.8 Å². The van der Waals surface area contributed by atoms with Gasteiger partial charge in [0, 0.05) is 13.0 Å². The van der Waals surface area contributed by atoms with Crippen LogP contribution in [0.3, 0.4) is 0 Å². The summed E-state index contributed by atoms with van der Waals surface area (Å²) in [6.45, 7) is 0.805. The van der Waals surface area contributed by atoms with Crippen LogP contribution < -0.4 is 5.32 Å². The molecule has 7 nitrogen and oxygen atoms in total. The number of nitrogens with one attached hydrogen (secondary N) is 2. The molecule has 0 radical (unpaired) electrons. The van der Waals surface area contributed by atoms with Gasteiger partial charge in [-0.15, -0.1) is 0 Å². The van der Waals surface area contributed by atoms with E-state index >= 15 is 0 Å². The lowest BCUT2D eigenvalue weighted by atomic mass is 10.0. The summed E-state index contributed by atoms with van der Waals surface area (Å²) in [5.41, 5.74) is 1.53. The van der Waals surface area contributed by atoms with Crippen LogP contribution in [-0.4, -0.2) is 56.6 Å². The average molecular weight is 298 g/mol. The highest BCUT2D eigenvalue weighted by molar-refractivity contribution is 7.98. The Bertz CT molecular complexity index is 491. The second-order valence-corrected chi connectivity index (χ2v) is 5.58. The summed E-state index contributed by atoms with van der Waals surface area (Å²) in [5.74, 6) is -0.0363. The first-order valence-electron chi connectivity index (χ1n) is 6.40. The van der Waals surface area contributed by atoms with Gasteiger partial charge in [-0.1, -0.05) is 0 Å². The van der Waals surface area contributed by atoms with Crippen molar-refractivity contribution in [3.05, 3.63) is 17.7 Å². The van der Waals surface area contributed by atoms with Gasteiger partial charge in [0.2, 0.25) is 0 Å². The normalized spacial score (nSPS) is 17.6. The number of fused-ring (bicyclic) bond motifs is 1. The fraction of sp³-hybridized carbons (Fsp3) is 0.583. The molecule has 3 N–H and O–H groups in total. The van der Waals surface area contributed by atoms with E-state index in [-0.39, 0.29) is 19.0 Å². The fourth-order valence-electron chi connectivity index (χ4n) is 2.18. The van der Waals surface area contributed by atoms with E-state index in [2.05, 4.69) is 15.3 Å². The second kappa shape index (κ2) is 6.65. The number of hydrogen-bond donors (Lipinski definition) is 3. The Balaban J connectivity index is 2.01. The van der Waals surface area contributed by atoms with Crippen LogP contribution in [0, 0.1) is 0 Å². The molecule has 0 bridgehead atoms. The molecule has 0 aromatic carbocycles. The molecule has 0 spiro atoms. The maximum Gasteiger partial charge on any atom is 0.326 e. The van der Waals surface area contributed by atoms with Gasteiger partial charge in [0.05, 0.1) is 24.3 Å². The summed E-state index contributed by atoms with van der Waals surface area (Å²) < 4.78 is 0. The SMILES string of the molecule is CSCCCNC(=O)N1Cc2[nH]cnc2CC1C(=O)O. The number of hydrogen-bond acceptors (Lipinski definition) is 4. The van der Waals surface area contributed by atoms with Gasteiger partial charge < -0.3 is 20.3 Å². The minimum Gasteiger partial charge on any atom is -0.480 e. The van der Waals surface area contributed by atoms with Crippen LogP contribution in [0.5, 0.6) is 0 Å². The number of carboxylic acid groups (broad SMARTS) is 1. The molecule has 110 valence electrons. The maximum absolute atomic E-state index is 12.1.